The van der Waals surface area contributed by atoms with Gasteiger partial charge in [-0.2, -0.15) is 0 Å². The van der Waals surface area contributed by atoms with Crippen molar-refractivity contribution in [3.05, 3.63) is 209 Å². The molecule has 2 N–H and O–H groups in total. The standard InChI is InChI=1S/C20H14N4.4C6H4NO2.Co/c1-2-14-10-16-5-6-18(23-16)12-20-8-7-19(24-20)11-17-4-3-15(22-17)9-13(1)21-14;4*8-7(9)6-4-2-1-3-5-6;/h1-12,21,24H;4*1-4H;. The van der Waals surface area contributed by atoms with Crippen molar-refractivity contribution in [2.24, 2.45) is 0 Å². The predicted octanol–water partition coefficient (Wildman–Crippen LogP) is 7.73. The Bertz CT molecular complexity index is 2750. The van der Waals surface area contributed by atoms with Crippen LogP contribution in [0, 0.1) is 40.5 Å². The monoisotopic (exact) mass is 857 g/mol. The fraction of sp³-hybridized carbons (Fsp3) is 0. The minimum atomic E-state index is -4.01. The van der Waals surface area contributed by atoms with Gasteiger partial charge in [-0.15, -0.1) is 0 Å². The molecule has 0 saturated carbocycles. The van der Waals surface area contributed by atoms with Crippen LogP contribution in [0.15, 0.2) is 146 Å². The van der Waals surface area contributed by atoms with Gasteiger partial charge >= 0.3 is 211 Å². The molecule has 8 bridgehead atoms. The number of aromatic nitrogens is 4. The van der Waals surface area contributed by atoms with Crippen LogP contribution in [0.25, 0.3) is 46.4 Å². The number of para-hydroxylation sites is 4. The number of hydrogen-bond donors (Lipinski definition) is 2. The van der Waals surface area contributed by atoms with Gasteiger partial charge in [-0.1, -0.05) is 0 Å². The molecule has 5 heterocycles. The number of aromatic amines is 2. The maximum atomic E-state index is 12.2. The van der Waals surface area contributed by atoms with Gasteiger partial charge in [0, 0.05) is 22.1 Å². The van der Waals surface area contributed by atoms with Crippen molar-refractivity contribution >= 4 is 87.1 Å². The Kier molecular flexibility index (Phi) is 10.6. The third kappa shape index (κ3) is 7.79. The normalized spacial score (nSPS) is 11.9. The number of nitro groups is 4. The van der Waals surface area contributed by atoms with Gasteiger partial charge in [-0.3, -0.25) is 0 Å². The summed E-state index contributed by atoms with van der Waals surface area (Å²) in [6.07, 6.45) is 8.09. The van der Waals surface area contributed by atoms with Crippen LogP contribution in [0.4, 0.5) is 22.7 Å². The molecule has 0 spiro atoms. The fourth-order valence-corrected chi connectivity index (χ4v) is 12.3. The fourth-order valence-electron chi connectivity index (χ4n) is 6.72. The molecule has 61 heavy (non-hydrogen) atoms. The molecule has 0 fully saturated rings. The number of fused-ring (bicyclic) bond motifs is 8. The molecular weight excluding hydrogens is 827 g/mol. The average Bonchev–Trinajstić information content (AvgIpc) is 4.09. The molecule has 0 aliphatic carbocycles. The van der Waals surface area contributed by atoms with Crippen LogP contribution < -0.4 is 18.0 Å². The van der Waals surface area contributed by atoms with Crippen molar-refractivity contribution in [1.29, 1.82) is 0 Å². The summed E-state index contributed by atoms with van der Waals surface area (Å²) in [5.41, 5.74) is 5.93. The molecule has 9 rings (SSSR count). The minimum absolute atomic E-state index is 0.101. The van der Waals surface area contributed by atoms with Gasteiger partial charge in [0.2, 0.25) is 0 Å². The summed E-state index contributed by atoms with van der Waals surface area (Å²) in [6, 6.07) is 37.8. The maximum absolute atomic E-state index is 12.2. The zero-order valence-corrected chi connectivity index (χ0v) is 32.5. The molecule has 3 aromatic heterocycles. The molecule has 7 aromatic rings. The van der Waals surface area contributed by atoms with Gasteiger partial charge in [-0.05, 0) is 72.8 Å². The van der Waals surface area contributed by atoms with Crippen molar-refractivity contribution in [1.82, 2.24) is 19.9 Å². The Morgan fingerprint density at radius 2 is 0.590 bits per heavy atom. The van der Waals surface area contributed by atoms with E-state index in [1.807, 2.05) is 48.6 Å². The molecule has 16 nitrogen and oxygen atoms in total. The van der Waals surface area contributed by atoms with E-state index in [1.165, 1.54) is 97.1 Å². The second-order valence-corrected chi connectivity index (χ2v) is 16.9. The number of hydrogen-bond acceptors (Lipinski definition) is 10. The number of nitrogens with one attached hydrogen (secondary N) is 2. The molecule has 0 saturated heterocycles. The number of rotatable bonds is 8. The number of nitrogens with zero attached hydrogens (tertiary/aromatic N) is 6. The number of benzene rings is 4. The van der Waals surface area contributed by atoms with E-state index in [-0.39, 0.29) is 18.0 Å². The van der Waals surface area contributed by atoms with Crippen molar-refractivity contribution in [3.63, 3.8) is 0 Å². The number of H-pyrrole nitrogens is 2. The van der Waals surface area contributed by atoms with Crippen LogP contribution in [0.3, 0.4) is 0 Å². The summed E-state index contributed by atoms with van der Waals surface area (Å²) in [5, 5.41) is 49.0. The first kappa shape index (κ1) is 39.4. The Morgan fingerprint density at radius 1 is 0.361 bits per heavy atom. The van der Waals surface area contributed by atoms with Gasteiger partial charge in [0.05, 0.1) is 22.8 Å². The van der Waals surface area contributed by atoms with E-state index in [0.29, 0.717) is 0 Å². The van der Waals surface area contributed by atoms with E-state index in [1.54, 1.807) is 0 Å². The molecule has 0 atom stereocenters. The summed E-state index contributed by atoms with van der Waals surface area (Å²) in [6.45, 7) is 0. The Labute approximate surface area is 347 Å². The number of nitro benzene ring substituents is 4. The van der Waals surface area contributed by atoms with Gasteiger partial charge in [-0.25, -0.2) is 9.97 Å². The van der Waals surface area contributed by atoms with Gasteiger partial charge in [0.25, 0.3) is 0 Å². The predicted molar refractivity (Wildman–Crippen MR) is 230 cm³/mol. The van der Waals surface area contributed by atoms with E-state index in [2.05, 4.69) is 44.2 Å². The van der Waals surface area contributed by atoms with E-state index in [4.69, 9.17) is 0 Å². The Morgan fingerprint density at radius 3 is 0.820 bits per heavy atom. The van der Waals surface area contributed by atoms with Crippen LogP contribution >= 0.6 is 0 Å². The Balaban J connectivity index is 0.000000183. The molecule has 17 heteroatoms. The van der Waals surface area contributed by atoms with Crippen molar-refractivity contribution < 1.29 is 32.3 Å². The molecule has 0 amide bonds. The summed E-state index contributed by atoms with van der Waals surface area (Å²) < 4.78 is -0.404. The second-order valence-electron chi connectivity index (χ2n) is 13.1. The first-order chi connectivity index (χ1) is 29.5. The molecule has 4 aromatic carbocycles. The van der Waals surface area contributed by atoms with Crippen LogP contribution in [0.1, 0.15) is 22.8 Å². The topological polar surface area (TPSA) is 230 Å². The van der Waals surface area contributed by atoms with Crippen molar-refractivity contribution in [3.8, 4) is 0 Å². The van der Waals surface area contributed by atoms with Gasteiger partial charge < -0.3 is 9.97 Å². The molecule has 0 unspecified atom stereocenters. The first-order valence-electron chi connectivity index (χ1n) is 18.2. The summed E-state index contributed by atoms with van der Waals surface area (Å²) in [5.74, 6) is 0. The van der Waals surface area contributed by atoms with E-state index in [0.717, 1.165) is 44.8 Å². The zero-order valence-electron chi connectivity index (χ0n) is 31.4. The molecule has 2 aliphatic heterocycles. The third-order valence-electron chi connectivity index (χ3n) is 9.24. The third-order valence-corrected chi connectivity index (χ3v) is 14.4. The van der Waals surface area contributed by atoms with Crippen LogP contribution in [0.2, 0.25) is 0 Å². The molecular formula is C44H30CoN8O8. The van der Waals surface area contributed by atoms with Crippen molar-refractivity contribution in [2.75, 3.05) is 0 Å². The summed E-state index contributed by atoms with van der Waals surface area (Å²) >= 11 is -4.01. The van der Waals surface area contributed by atoms with Crippen LogP contribution in [-0.2, 0) is 12.6 Å². The van der Waals surface area contributed by atoms with Crippen molar-refractivity contribution in [2.45, 2.75) is 0 Å². The average molecular weight is 858 g/mol. The van der Waals surface area contributed by atoms with Gasteiger partial charge in [0.15, 0.2) is 0 Å². The van der Waals surface area contributed by atoms with Crippen LogP contribution in [-0.4, -0.2) is 39.6 Å². The molecule has 2 aliphatic rings. The SMILES string of the molecule is C1=Cc2cc3ccc(cc4nc(cc5ccc(cc1n2)[nH]5)C=C4)[nH]3.O=[N+]([O-])c1cccc[c]1[Co]([c]1ccccc1[N+](=O)[O-])([c]1ccccc1[N+](=O)[O-])[c]1ccccc1[N+](=O)[O-]. The molecule has 303 valence electrons. The van der Waals surface area contributed by atoms with Crippen LogP contribution in [0.5, 0.6) is 0 Å². The van der Waals surface area contributed by atoms with E-state index < -0.39 is 55.1 Å². The zero-order chi connectivity index (χ0) is 42.7. The van der Waals surface area contributed by atoms with E-state index >= 15 is 0 Å². The second kappa shape index (κ2) is 16.4. The quantitative estimate of drug-likeness (QED) is 0.112. The molecule has 0 radical (unpaired) electrons. The summed E-state index contributed by atoms with van der Waals surface area (Å²) in [7, 11) is 0. The first-order valence-corrected chi connectivity index (χ1v) is 20.3. The van der Waals surface area contributed by atoms with E-state index in [9.17, 15) is 40.5 Å². The summed E-state index contributed by atoms with van der Waals surface area (Å²) in [4.78, 5) is 62.2. The van der Waals surface area contributed by atoms with Gasteiger partial charge in [0.1, 0.15) is 0 Å². The Hall–Kier alpha value is -8.41.